The smallest absolute Gasteiger partial charge is 0.338 e. The fourth-order valence-electron chi connectivity index (χ4n) is 1.75. The molecule has 0 fully saturated rings. The van der Waals surface area contributed by atoms with Crippen LogP contribution in [-0.4, -0.2) is 48.4 Å². The van der Waals surface area contributed by atoms with E-state index in [0.29, 0.717) is 5.02 Å². The van der Waals surface area contributed by atoms with Gasteiger partial charge in [0, 0.05) is 12.6 Å². The molecule has 0 radical (unpaired) electrons. The molecular formula is C16H22ClN3O4. The normalized spacial score (nSPS) is 10.9. The van der Waals surface area contributed by atoms with Gasteiger partial charge < -0.3 is 20.7 Å². The van der Waals surface area contributed by atoms with Crippen LogP contribution in [-0.2, 0) is 14.3 Å². The molecule has 0 heterocycles. The molecule has 0 bridgehead atoms. The van der Waals surface area contributed by atoms with Crippen molar-refractivity contribution in [2.75, 3.05) is 25.9 Å². The summed E-state index contributed by atoms with van der Waals surface area (Å²) in [7, 11) is 1.46. The summed E-state index contributed by atoms with van der Waals surface area (Å²) < 4.78 is 4.93. The number of esters is 1. The molecule has 1 aromatic carbocycles. The highest BCUT2D eigenvalue weighted by atomic mass is 35.5. The summed E-state index contributed by atoms with van der Waals surface area (Å²) in [5, 5.41) is 3.07. The SMILES string of the molecule is CN(CC(=O)NC(C)(C)C)C(=O)COC(=O)c1ccc(Cl)c(N)c1. The van der Waals surface area contributed by atoms with Crippen LogP contribution in [0.1, 0.15) is 31.1 Å². The number of nitrogens with one attached hydrogen (secondary N) is 1. The van der Waals surface area contributed by atoms with Gasteiger partial charge in [0.15, 0.2) is 6.61 Å². The molecule has 0 aromatic heterocycles. The Morgan fingerprint density at radius 2 is 1.92 bits per heavy atom. The molecule has 1 rings (SSSR count). The van der Waals surface area contributed by atoms with E-state index in [9.17, 15) is 14.4 Å². The fourth-order valence-corrected chi connectivity index (χ4v) is 1.87. The van der Waals surface area contributed by atoms with Gasteiger partial charge in [0.25, 0.3) is 5.91 Å². The molecule has 24 heavy (non-hydrogen) atoms. The van der Waals surface area contributed by atoms with Crippen molar-refractivity contribution in [1.82, 2.24) is 10.2 Å². The highest BCUT2D eigenvalue weighted by Gasteiger charge is 2.19. The lowest BCUT2D eigenvalue weighted by Gasteiger charge is -2.23. The maximum absolute atomic E-state index is 11.9. The molecule has 7 nitrogen and oxygen atoms in total. The van der Waals surface area contributed by atoms with Crippen molar-refractivity contribution in [2.45, 2.75) is 26.3 Å². The molecule has 0 aliphatic rings. The molecule has 132 valence electrons. The van der Waals surface area contributed by atoms with Crippen molar-refractivity contribution in [3.8, 4) is 0 Å². The number of benzene rings is 1. The first-order chi connectivity index (χ1) is 11.0. The predicted octanol–water partition coefficient (Wildman–Crippen LogP) is 1.45. The van der Waals surface area contributed by atoms with Crippen molar-refractivity contribution in [3.63, 3.8) is 0 Å². The van der Waals surface area contributed by atoms with Gasteiger partial charge in [0.1, 0.15) is 0 Å². The Balaban J connectivity index is 2.51. The first kappa shape index (κ1) is 19.8. The zero-order valence-electron chi connectivity index (χ0n) is 14.2. The van der Waals surface area contributed by atoms with Crippen LogP contribution >= 0.6 is 11.6 Å². The summed E-state index contributed by atoms with van der Waals surface area (Å²) in [6.45, 7) is 4.92. The van der Waals surface area contributed by atoms with Gasteiger partial charge in [0.2, 0.25) is 5.91 Å². The van der Waals surface area contributed by atoms with Crippen molar-refractivity contribution < 1.29 is 19.1 Å². The quantitative estimate of drug-likeness (QED) is 0.615. The molecule has 0 aliphatic carbocycles. The fraction of sp³-hybridized carbons (Fsp3) is 0.438. The summed E-state index contributed by atoms with van der Waals surface area (Å²) in [5.74, 6) is -1.48. The standard InChI is InChI=1S/C16H22ClN3O4/c1-16(2,3)19-13(21)8-20(4)14(22)9-24-15(23)10-5-6-11(17)12(18)7-10/h5-7H,8-9,18H2,1-4H3,(H,19,21). The van der Waals surface area contributed by atoms with Crippen molar-refractivity contribution in [2.24, 2.45) is 0 Å². The number of nitrogen functional groups attached to an aromatic ring is 1. The van der Waals surface area contributed by atoms with Crippen molar-refractivity contribution in [1.29, 1.82) is 0 Å². The monoisotopic (exact) mass is 355 g/mol. The number of carbonyl (C=O) groups excluding carboxylic acids is 3. The average Bonchev–Trinajstić information content (AvgIpc) is 2.45. The minimum absolute atomic E-state index is 0.123. The average molecular weight is 356 g/mol. The van der Waals surface area contributed by atoms with Crippen LogP contribution in [0, 0.1) is 0 Å². The van der Waals surface area contributed by atoms with Crippen LogP contribution in [0.2, 0.25) is 5.02 Å². The maximum atomic E-state index is 11.9. The van der Waals surface area contributed by atoms with Gasteiger partial charge in [0.05, 0.1) is 22.8 Å². The Morgan fingerprint density at radius 3 is 2.46 bits per heavy atom. The highest BCUT2D eigenvalue weighted by molar-refractivity contribution is 6.33. The van der Waals surface area contributed by atoms with E-state index in [1.54, 1.807) is 0 Å². The second-order valence-corrected chi connectivity index (χ2v) is 6.77. The summed E-state index contributed by atoms with van der Waals surface area (Å²) in [5.41, 5.74) is 5.66. The molecule has 0 saturated heterocycles. The van der Waals surface area contributed by atoms with Gasteiger partial charge in [-0.05, 0) is 39.0 Å². The van der Waals surface area contributed by atoms with E-state index in [2.05, 4.69) is 5.32 Å². The van der Waals surface area contributed by atoms with Crippen molar-refractivity contribution >= 4 is 35.1 Å². The maximum Gasteiger partial charge on any atom is 0.338 e. The number of hydrogen-bond acceptors (Lipinski definition) is 5. The van der Waals surface area contributed by atoms with E-state index in [1.807, 2.05) is 20.8 Å². The van der Waals surface area contributed by atoms with Gasteiger partial charge in [-0.15, -0.1) is 0 Å². The Morgan fingerprint density at radius 1 is 1.29 bits per heavy atom. The summed E-state index contributed by atoms with van der Waals surface area (Å²) in [6.07, 6.45) is 0. The number of likely N-dealkylation sites (N-methyl/N-ethyl adjacent to an activating group) is 1. The Hall–Kier alpha value is -2.28. The van der Waals surface area contributed by atoms with Crippen LogP contribution in [0.15, 0.2) is 18.2 Å². The molecule has 2 amide bonds. The summed E-state index contributed by atoms with van der Waals surface area (Å²) in [6, 6.07) is 4.29. The number of nitrogens with zero attached hydrogens (tertiary/aromatic N) is 1. The molecular weight excluding hydrogens is 334 g/mol. The molecule has 0 unspecified atom stereocenters. The number of amides is 2. The first-order valence-electron chi connectivity index (χ1n) is 7.27. The van der Waals surface area contributed by atoms with E-state index in [0.717, 1.165) is 0 Å². The lowest BCUT2D eigenvalue weighted by atomic mass is 10.1. The van der Waals surface area contributed by atoms with Crippen LogP contribution in [0.4, 0.5) is 5.69 Å². The lowest BCUT2D eigenvalue weighted by Crippen LogP contribution is -2.46. The molecule has 0 saturated carbocycles. The summed E-state index contributed by atoms with van der Waals surface area (Å²) >= 11 is 5.77. The van der Waals surface area contributed by atoms with Crippen LogP contribution in [0.3, 0.4) is 0 Å². The molecule has 0 aliphatic heterocycles. The number of ether oxygens (including phenoxy) is 1. The van der Waals surface area contributed by atoms with E-state index >= 15 is 0 Å². The third-order valence-corrected chi connectivity index (χ3v) is 3.22. The van der Waals surface area contributed by atoms with Gasteiger partial charge in [-0.2, -0.15) is 0 Å². The molecule has 0 spiro atoms. The topological polar surface area (TPSA) is 102 Å². The Kier molecular flexibility index (Phi) is 6.60. The molecule has 3 N–H and O–H groups in total. The second-order valence-electron chi connectivity index (χ2n) is 6.36. The predicted molar refractivity (Wildman–Crippen MR) is 91.7 cm³/mol. The largest absolute Gasteiger partial charge is 0.452 e. The third kappa shape index (κ3) is 6.45. The molecule has 0 atom stereocenters. The first-order valence-corrected chi connectivity index (χ1v) is 7.64. The number of hydrogen-bond donors (Lipinski definition) is 2. The molecule has 8 heteroatoms. The zero-order chi connectivity index (χ0) is 18.5. The van der Waals surface area contributed by atoms with E-state index in [4.69, 9.17) is 22.1 Å². The number of nitrogens with two attached hydrogens (primary N) is 1. The van der Waals surface area contributed by atoms with Crippen LogP contribution < -0.4 is 11.1 Å². The lowest BCUT2D eigenvalue weighted by molar-refractivity contribution is -0.137. The van der Waals surface area contributed by atoms with Gasteiger partial charge in [-0.25, -0.2) is 4.79 Å². The third-order valence-electron chi connectivity index (χ3n) is 2.88. The van der Waals surface area contributed by atoms with Gasteiger partial charge in [-0.3, -0.25) is 9.59 Å². The highest BCUT2D eigenvalue weighted by Crippen LogP contribution is 2.19. The van der Waals surface area contributed by atoms with Gasteiger partial charge in [-0.1, -0.05) is 11.6 Å². The van der Waals surface area contributed by atoms with Crippen molar-refractivity contribution in [3.05, 3.63) is 28.8 Å². The van der Waals surface area contributed by atoms with E-state index < -0.39 is 18.5 Å². The Bertz CT molecular complexity index is 641. The van der Waals surface area contributed by atoms with Crippen LogP contribution in [0.25, 0.3) is 0 Å². The Labute approximate surface area is 146 Å². The minimum atomic E-state index is -0.695. The van der Waals surface area contributed by atoms with E-state index in [1.165, 1.54) is 30.1 Å². The van der Waals surface area contributed by atoms with Gasteiger partial charge >= 0.3 is 5.97 Å². The number of carbonyl (C=O) groups is 3. The molecule has 1 aromatic rings. The minimum Gasteiger partial charge on any atom is -0.452 e. The van der Waals surface area contributed by atoms with E-state index in [-0.39, 0.29) is 29.2 Å². The number of rotatable bonds is 5. The number of halogens is 1. The van der Waals surface area contributed by atoms with Crippen LogP contribution in [0.5, 0.6) is 0 Å². The number of anilines is 1. The zero-order valence-corrected chi connectivity index (χ0v) is 14.9. The second kappa shape index (κ2) is 8.01. The summed E-state index contributed by atoms with van der Waals surface area (Å²) in [4.78, 5) is 36.7.